The van der Waals surface area contributed by atoms with Crippen LogP contribution in [0.25, 0.3) is 0 Å². The molecule has 0 amide bonds. The Balaban J connectivity index is 2.08. The number of benzene rings is 2. The summed E-state index contributed by atoms with van der Waals surface area (Å²) >= 11 is 0. The number of nitrogens with zero attached hydrogens (tertiary/aromatic N) is 1. The Bertz CT molecular complexity index is 818. The standard InChI is InChI=1S/C18H16FNO5/c1-24-18(21)15-16(19)13(12-7-8-12)9-14(20(22)23)17(15)25-10-11-5-3-2-4-6-11/h2-6,9,12H,7-8,10H2,1H3. The minimum absolute atomic E-state index is 0.0338. The van der Waals surface area contributed by atoms with E-state index < -0.39 is 33.7 Å². The summed E-state index contributed by atoms with van der Waals surface area (Å²) in [5.74, 6) is -2.30. The fourth-order valence-electron chi connectivity index (χ4n) is 2.64. The Kier molecular flexibility index (Phi) is 4.65. The second-order valence-electron chi connectivity index (χ2n) is 5.80. The van der Waals surface area contributed by atoms with Gasteiger partial charge in [-0.2, -0.15) is 0 Å². The van der Waals surface area contributed by atoms with Crippen molar-refractivity contribution in [2.75, 3.05) is 7.11 Å². The number of methoxy groups -OCH3 is 1. The smallest absolute Gasteiger partial charge is 0.344 e. The maximum atomic E-state index is 14.8. The average Bonchev–Trinajstić information content (AvgIpc) is 3.44. The van der Waals surface area contributed by atoms with Crippen molar-refractivity contribution in [1.29, 1.82) is 0 Å². The van der Waals surface area contributed by atoms with Crippen LogP contribution in [0.15, 0.2) is 36.4 Å². The normalized spacial score (nSPS) is 13.4. The second kappa shape index (κ2) is 6.88. The molecule has 0 N–H and O–H groups in total. The van der Waals surface area contributed by atoms with Gasteiger partial charge in [0.05, 0.1) is 12.0 Å². The Morgan fingerprint density at radius 3 is 2.56 bits per heavy atom. The average molecular weight is 345 g/mol. The Morgan fingerprint density at radius 1 is 1.32 bits per heavy atom. The molecule has 1 aliphatic carbocycles. The van der Waals surface area contributed by atoms with Gasteiger partial charge in [0.25, 0.3) is 0 Å². The maximum absolute atomic E-state index is 14.8. The van der Waals surface area contributed by atoms with Crippen LogP contribution >= 0.6 is 0 Å². The van der Waals surface area contributed by atoms with E-state index in [9.17, 15) is 19.3 Å². The van der Waals surface area contributed by atoms with Crippen molar-refractivity contribution >= 4 is 11.7 Å². The van der Waals surface area contributed by atoms with Gasteiger partial charge in [0, 0.05) is 6.07 Å². The van der Waals surface area contributed by atoms with E-state index >= 15 is 0 Å². The summed E-state index contributed by atoms with van der Waals surface area (Å²) in [6, 6.07) is 10.1. The van der Waals surface area contributed by atoms with Gasteiger partial charge in [0.1, 0.15) is 18.0 Å². The number of esters is 1. The molecular weight excluding hydrogens is 329 g/mol. The fraction of sp³-hybridized carbons (Fsp3) is 0.278. The molecule has 25 heavy (non-hydrogen) atoms. The molecule has 2 aromatic carbocycles. The van der Waals surface area contributed by atoms with Crippen molar-refractivity contribution in [2.45, 2.75) is 25.4 Å². The number of hydrogen-bond acceptors (Lipinski definition) is 5. The van der Waals surface area contributed by atoms with Crippen LogP contribution in [0.3, 0.4) is 0 Å². The van der Waals surface area contributed by atoms with Crippen LogP contribution in [0.4, 0.5) is 10.1 Å². The third kappa shape index (κ3) is 3.45. The van der Waals surface area contributed by atoms with Crippen molar-refractivity contribution in [3.8, 4) is 5.75 Å². The molecule has 2 aromatic rings. The van der Waals surface area contributed by atoms with Crippen molar-refractivity contribution in [2.24, 2.45) is 0 Å². The van der Waals surface area contributed by atoms with Crippen molar-refractivity contribution in [3.05, 3.63) is 69.0 Å². The van der Waals surface area contributed by atoms with Crippen molar-refractivity contribution in [3.63, 3.8) is 0 Å². The number of halogens is 1. The lowest BCUT2D eigenvalue weighted by Crippen LogP contribution is -2.12. The zero-order chi connectivity index (χ0) is 18.0. The van der Waals surface area contributed by atoms with E-state index in [4.69, 9.17) is 4.74 Å². The highest BCUT2D eigenvalue weighted by atomic mass is 19.1. The largest absolute Gasteiger partial charge is 0.481 e. The minimum atomic E-state index is -0.994. The maximum Gasteiger partial charge on any atom is 0.344 e. The van der Waals surface area contributed by atoms with Gasteiger partial charge in [0.2, 0.25) is 5.75 Å². The number of nitro groups is 1. The lowest BCUT2D eigenvalue weighted by Gasteiger charge is -2.14. The number of nitro benzene ring substituents is 1. The predicted octanol–water partition coefficient (Wildman–Crippen LogP) is 3.98. The summed E-state index contributed by atoms with van der Waals surface area (Å²) in [4.78, 5) is 22.9. The summed E-state index contributed by atoms with van der Waals surface area (Å²) < 4.78 is 24.9. The Labute approximate surface area is 143 Å². The molecule has 7 heteroatoms. The molecule has 0 spiro atoms. The Morgan fingerprint density at radius 2 is 2.00 bits per heavy atom. The molecule has 3 rings (SSSR count). The SMILES string of the molecule is COC(=O)c1c(F)c(C2CC2)cc([N+](=O)[O-])c1OCc1ccccc1. The van der Waals surface area contributed by atoms with Gasteiger partial charge < -0.3 is 9.47 Å². The number of rotatable bonds is 6. The summed E-state index contributed by atoms with van der Waals surface area (Å²) in [7, 11) is 1.10. The van der Waals surface area contributed by atoms with Gasteiger partial charge in [-0.25, -0.2) is 9.18 Å². The van der Waals surface area contributed by atoms with Crippen LogP contribution in [-0.4, -0.2) is 18.0 Å². The van der Waals surface area contributed by atoms with E-state index in [-0.39, 0.29) is 18.1 Å². The van der Waals surface area contributed by atoms with Crippen LogP contribution in [0.1, 0.15) is 40.2 Å². The van der Waals surface area contributed by atoms with Gasteiger partial charge >= 0.3 is 11.7 Å². The molecule has 0 bridgehead atoms. The molecule has 0 heterocycles. The zero-order valence-corrected chi connectivity index (χ0v) is 13.5. The van der Waals surface area contributed by atoms with E-state index in [0.29, 0.717) is 0 Å². The molecule has 0 atom stereocenters. The van der Waals surface area contributed by atoms with E-state index in [0.717, 1.165) is 25.5 Å². The van der Waals surface area contributed by atoms with Crippen LogP contribution in [0, 0.1) is 15.9 Å². The lowest BCUT2D eigenvalue weighted by atomic mass is 10.0. The second-order valence-corrected chi connectivity index (χ2v) is 5.80. The summed E-state index contributed by atoms with van der Waals surface area (Å²) in [5, 5.41) is 11.5. The summed E-state index contributed by atoms with van der Waals surface area (Å²) in [6.45, 7) is -0.0338. The third-order valence-corrected chi connectivity index (χ3v) is 4.05. The van der Waals surface area contributed by atoms with Gasteiger partial charge in [0.15, 0.2) is 0 Å². The molecule has 0 aliphatic heterocycles. The van der Waals surface area contributed by atoms with E-state index in [1.165, 1.54) is 6.07 Å². The monoisotopic (exact) mass is 345 g/mol. The van der Waals surface area contributed by atoms with Gasteiger partial charge in [-0.3, -0.25) is 10.1 Å². The first-order chi connectivity index (χ1) is 12.0. The van der Waals surface area contributed by atoms with Gasteiger partial charge in [-0.1, -0.05) is 30.3 Å². The molecule has 0 saturated heterocycles. The molecule has 0 radical (unpaired) electrons. The van der Waals surface area contributed by atoms with E-state index in [1.807, 2.05) is 6.07 Å². The molecular formula is C18H16FNO5. The highest BCUT2D eigenvalue weighted by Crippen LogP contribution is 2.46. The lowest BCUT2D eigenvalue weighted by molar-refractivity contribution is -0.386. The predicted molar refractivity (Wildman–Crippen MR) is 87.1 cm³/mol. The van der Waals surface area contributed by atoms with Crippen LogP contribution < -0.4 is 4.74 Å². The first-order valence-electron chi connectivity index (χ1n) is 7.78. The molecule has 6 nitrogen and oxygen atoms in total. The molecule has 1 saturated carbocycles. The number of ether oxygens (including phenoxy) is 2. The van der Waals surface area contributed by atoms with Crippen LogP contribution in [0.2, 0.25) is 0 Å². The van der Waals surface area contributed by atoms with Crippen LogP contribution in [0.5, 0.6) is 5.75 Å². The number of carbonyl (C=O) groups excluding carboxylic acids is 1. The molecule has 1 aliphatic rings. The zero-order valence-electron chi connectivity index (χ0n) is 13.5. The van der Waals surface area contributed by atoms with E-state index in [2.05, 4.69) is 4.74 Å². The topological polar surface area (TPSA) is 78.7 Å². The molecule has 0 aromatic heterocycles. The third-order valence-electron chi connectivity index (χ3n) is 4.05. The molecule has 0 unspecified atom stereocenters. The van der Waals surface area contributed by atoms with Gasteiger partial charge in [-0.15, -0.1) is 0 Å². The van der Waals surface area contributed by atoms with E-state index in [1.54, 1.807) is 24.3 Å². The minimum Gasteiger partial charge on any atom is -0.481 e. The molecule has 130 valence electrons. The first kappa shape index (κ1) is 16.9. The quantitative estimate of drug-likeness (QED) is 0.449. The summed E-state index contributed by atoms with van der Waals surface area (Å²) in [6.07, 6.45) is 1.47. The van der Waals surface area contributed by atoms with Gasteiger partial charge in [-0.05, 0) is 29.9 Å². The van der Waals surface area contributed by atoms with Crippen molar-refractivity contribution < 1.29 is 23.6 Å². The van der Waals surface area contributed by atoms with Crippen LogP contribution in [-0.2, 0) is 11.3 Å². The summed E-state index contributed by atoms with van der Waals surface area (Å²) in [5.41, 5.74) is -0.0485. The Hall–Kier alpha value is -2.96. The highest BCUT2D eigenvalue weighted by molar-refractivity contribution is 5.95. The highest BCUT2D eigenvalue weighted by Gasteiger charge is 2.36. The number of carbonyl (C=O) groups is 1. The van der Waals surface area contributed by atoms with Crippen molar-refractivity contribution in [1.82, 2.24) is 0 Å². The fourth-order valence-corrected chi connectivity index (χ4v) is 2.64. The first-order valence-corrected chi connectivity index (χ1v) is 7.78. The number of hydrogen-bond donors (Lipinski definition) is 0. The molecule has 1 fully saturated rings.